The van der Waals surface area contributed by atoms with Crippen LogP contribution < -0.4 is 5.56 Å². The van der Waals surface area contributed by atoms with E-state index in [9.17, 15) is 9.90 Å². The van der Waals surface area contributed by atoms with Crippen molar-refractivity contribution in [2.75, 3.05) is 13.2 Å². The van der Waals surface area contributed by atoms with Crippen molar-refractivity contribution in [3.05, 3.63) is 87.5 Å². The summed E-state index contributed by atoms with van der Waals surface area (Å²) in [5.74, 6) is 0.757. The second-order valence-corrected chi connectivity index (χ2v) is 8.31. The van der Waals surface area contributed by atoms with Gasteiger partial charge in [-0.05, 0) is 52.8 Å². The summed E-state index contributed by atoms with van der Waals surface area (Å²) >= 11 is 0. The molecular formula is C25H30N6O2. The van der Waals surface area contributed by atoms with Crippen LogP contribution in [-0.2, 0) is 13.1 Å². The van der Waals surface area contributed by atoms with Crippen LogP contribution in [0.5, 0.6) is 0 Å². The third-order valence-corrected chi connectivity index (χ3v) is 6.00. The summed E-state index contributed by atoms with van der Waals surface area (Å²) in [6, 6.07) is 17.9. The number of hydrogen-bond acceptors (Lipinski definition) is 6. The Bertz CT molecular complexity index is 1250. The van der Waals surface area contributed by atoms with Crippen molar-refractivity contribution in [3.8, 4) is 0 Å². The number of nitrogens with one attached hydrogen (secondary N) is 1. The molecule has 4 aromatic rings. The molecule has 2 N–H and O–H groups in total. The SMILES string of the molecule is CC[C@H](c1nnnn1Cc1ccccc1)N(CCCO)Cc1cc2cccc(C)c2[nH]c1=O. The Labute approximate surface area is 192 Å². The molecule has 0 aliphatic rings. The van der Waals surface area contributed by atoms with Crippen LogP contribution in [-0.4, -0.2) is 48.3 Å². The number of para-hydroxylation sites is 1. The summed E-state index contributed by atoms with van der Waals surface area (Å²) in [6.07, 6.45) is 1.37. The Balaban J connectivity index is 1.66. The number of hydrogen-bond donors (Lipinski definition) is 2. The van der Waals surface area contributed by atoms with Crippen LogP contribution in [0.2, 0.25) is 0 Å². The minimum atomic E-state index is -0.0946. The van der Waals surface area contributed by atoms with Gasteiger partial charge in [0.25, 0.3) is 5.56 Å². The van der Waals surface area contributed by atoms with Gasteiger partial charge in [0.05, 0.1) is 18.1 Å². The zero-order chi connectivity index (χ0) is 23.2. The molecule has 0 radical (unpaired) electrons. The van der Waals surface area contributed by atoms with Gasteiger partial charge in [0.2, 0.25) is 0 Å². The highest BCUT2D eigenvalue weighted by Crippen LogP contribution is 2.25. The van der Waals surface area contributed by atoms with Gasteiger partial charge in [-0.25, -0.2) is 4.68 Å². The van der Waals surface area contributed by atoms with Gasteiger partial charge in [-0.15, -0.1) is 5.10 Å². The maximum absolute atomic E-state index is 12.9. The Morgan fingerprint density at radius 3 is 2.73 bits per heavy atom. The average Bonchev–Trinajstić information content (AvgIpc) is 3.27. The number of nitrogens with zero attached hydrogens (tertiary/aromatic N) is 5. The predicted molar refractivity (Wildman–Crippen MR) is 128 cm³/mol. The molecular weight excluding hydrogens is 416 g/mol. The average molecular weight is 447 g/mol. The maximum atomic E-state index is 12.9. The fraction of sp³-hybridized carbons (Fsp3) is 0.360. The highest BCUT2D eigenvalue weighted by Gasteiger charge is 2.25. The van der Waals surface area contributed by atoms with Crippen molar-refractivity contribution in [1.29, 1.82) is 0 Å². The maximum Gasteiger partial charge on any atom is 0.252 e. The van der Waals surface area contributed by atoms with Gasteiger partial charge in [0.1, 0.15) is 0 Å². The van der Waals surface area contributed by atoms with Crippen molar-refractivity contribution in [2.45, 2.75) is 45.8 Å². The second kappa shape index (κ2) is 10.5. The van der Waals surface area contributed by atoms with E-state index in [2.05, 4.69) is 32.3 Å². The van der Waals surface area contributed by atoms with Gasteiger partial charge in [0, 0.05) is 25.3 Å². The molecule has 2 heterocycles. The zero-order valence-corrected chi connectivity index (χ0v) is 19.1. The van der Waals surface area contributed by atoms with Crippen molar-refractivity contribution in [2.24, 2.45) is 0 Å². The Kier molecular flexibility index (Phi) is 7.26. The molecule has 2 aromatic heterocycles. The molecule has 0 aliphatic carbocycles. The summed E-state index contributed by atoms with van der Waals surface area (Å²) in [7, 11) is 0. The molecule has 0 saturated heterocycles. The first-order valence-corrected chi connectivity index (χ1v) is 11.4. The van der Waals surface area contributed by atoms with E-state index < -0.39 is 0 Å². The van der Waals surface area contributed by atoms with E-state index in [0.29, 0.717) is 31.6 Å². The number of pyridine rings is 1. The van der Waals surface area contributed by atoms with Gasteiger partial charge in [-0.1, -0.05) is 55.5 Å². The molecule has 8 nitrogen and oxygen atoms in total. The normalized spacial score (nSPS) is 12.5. The number of aryl methyl sites for hydroxylation is 1. The standard InChI is InChI=1S/C25H30N6O2/c1-3-22(24-27-28-29-31(24)16-19-10-5-4-6-11-19)30(13-8-14-32)17-21-15-20-12-7-9-18(2)23(20)26-25(21)33/h4-7,9-12,15,22,32H,3,8,13-14,16-17H2,1-2H3,(H,26,33)/t22-/m1/s1. The summed E-state index contributed by atoms with van der Waals surface area (Å²) < 4.78 is 1.82. The third-order valence-electron chi connectivity index (χ3n) is 6.00. The van der Waals surface area contributed by atoms with Crippen LogP contribution in [0.1, 0.15) is 48.3 Å². The summed E-state index contributed by atoms with van der Waals surface area (Å²) in [6.45, 7) is 5.80. The van der Waals surface area contributed by atoms with Crippen LogP contribution in [0.4, 0.5) is 0 Å². The second-order valence-electron chi connectivity index (χ2n) is 8.31. The van der Waals surface area contributed by atoms with Gasteiger partial charge in [0.15, 0.2) is 5.82 Å². The number of rotatable bonds is 10. The van der Waals surface area contributed by atoms with Crippen LogP contribution in [0.3, 0.4) is 0 Å². The number of fused-ring (bicyclic) bond motifs is 1. The minimum absolute atomic E-state index is 0.0785. The first kappa shape index (κ1) is 22.8. The summed E-state index contributed by atoms with van der Waals surface area (Å²) in [5, 5.41) is 23.0. The molecule has 0 fully saturated rings. The Morgan fingerprint density at radius 2 is 1.97 bits per heavy atom. The molecule has 0 saturated carbocycles. The lowest BCUT2D eigenvalue weighted by molar-refractivity contribution is 0.152. The van der Waals surface area contributed by atoms with E-state index in [4.69, 9.17) is 0 Å². The van der Waals surface area contributed by atoms with Crippen LogP contribution in [0, 0.1) is 6.92 Å². The molecule has 0 spiro atoms. The van der Waals surface area contributed by atoms with Crippen LogP contribution >= 0.6 is 0 Å². The van der Waals surface area contributed by atoms with Crippen molar-refractivity contribution in [1.82, 2.24) is 30.1 Å². The van der Waals surface area contributed by atoms with E-state index in [0.717, 1.165) is 34.3 Å². The van der Waals surface area contributed by atoms with Crippen LogP contribution in [0.15, 0.2) is 59.4 Å². The monoisotopic (exact) mass is 446 g/mol. The van der Waals surface area contributed by atoms with Gasteiger partial charge in [-0.2, -0.15) is 0 Å². The molecule has 0 aliphatic heterocycles. The molecule has 0 unspecified atom stereocenters. The number of aromatic nitrogens is 5. The van der Waals surface area contributed by atoms with Crippen LogP contribution in [0.25, 0.3) is 10.9 Å². The van der Waals surface area contributed by atoms with E-state index in [1.54, 1.807) is 0 Å². The Hall–Kier alpha value is -3.36. The van der Waals surface area contributed by atoms with Gasteiger partial charge in [-0.3, -0.25) is 9.69 Å². The van der Waals surface area contributed by atoms with Crippen molar-refractivity contribution >= 4 is 10.9 Å². The molecule has 4 rings (SSSR count). The highest BCUT2D eigenvalue weighted by molar-refractivity contribution is 5.81. The van der Waals surface area contributed by atoms with E-state index in [1.807, 2.05) is 66.2 Å². The lowest BCUT2D eigenvalue weighted by atomic mass is 10.1. The largest absolute Gasteiger partial charge is 0.396 e. The van der Waals surface area contributed by atoms with Crippen molar-refractivity contribution in [3.63, 3.8) is 0 Å². The first-order valence-electron chi connectivity index (χ1n) is 11.4. The van der Waals surface area contributed by atoms with Crippen molar-refractivity contribution < 1.29 is 5.11 Å². The fourth-order valence-electron chi connectivity index (χ4n) is 4.31. The quantitative estimate of drug-likeness (QED) is 0.388. The highest BCUT2D eigenvalue weighted by atomic mass is 16.3. The molecule has 8 heteroatoms. The zero-order valence-electron chi connectivity index (χ0n) is 19.1. The number of tetrazole rings is 1. The minimum Gasteiger partial charge on any atom is -0.396 e. The molecule has 172 valence electrons. The molecule has 33 heavy (non-hydrogen) atoms. The van der Waals surface area contributed by atoms with Gasteiger partial charge >= 0.3 is 0 Å². The number of aliphatic hydroxyl groups excluding tert-OH is 1. The lowest BCUT2D eigenvalue weighted by Crippen LogP contribution is -2.34. The van der Waals surface area contributed by atoms with E-state index in [1.165, 1.54) is 0 Å². The lowest BCUT2D eigenvalue weighted by Gasteiger charge is -2.30. The topological polar surface area (TPSA) is 99.9 Å². The predicted octanol–water partition coefficient (Wildman–Crippen LogP) is 3.21. The fourth-order valence-corrected chi connectivity index (χ4v) is 4.31. The smallest absolute Gasteiger partial charge is 0.252 e. The number of benzene rings is 2. The Morgan fingerprint density at radius 1 is 1.15 bits per heavy atom. The van der Waals surface area contributed by atoms with E-state index >= 15 is 0 Å². The summed E-state index contributed by atoms with van der Waals surface area (Å²) in [4.78, 5) is 18.2. The molecule has 0 amide bonds. The van der Waals surface area contributed by atoms with E-state index in [-0.39, 0.29) is 18.2 Å². The van der Waals surface area contributed by atoms with Gasteiger partial charge < -0.3 is 10.1 Å². The number of aromatic amines is 1. The number of aliphatic hydroxyl groups is 1. The first-order chi connectivity index (χ1) is 16.1. The molecule has 1 atom stereocenters. The third kappa shape index (κ3) is 5.18. The summed E-state index contributed by atoms with van der Waals surface area (Å²) in [5.41, 5.74) is 3.62. The number of H-pyrrole nitrogens is 1. The molecule has 2 aromatic carbocycles. The molecule has 0 bridgehead atoms.